The molecule has 9 heteroatoms. The Balaban J connectivity index is 1.98. The summed E-state index contributed by atoms with van der Waals surface area (Å²) < 4.78 is 45.6. The summed E-state index contributed by atoms with van der Waals surface area (Å²) in [4.78, 5) is 12.2. The number of para-hydroxylation sites is 1. The van der Waals surface area contributed by atoms with E-state index < -0.39 is 28.5 Å². The van der Waals surface area contributed by atoms with Crippen LogP contribution in [0.2, 0.25) is 0 Å². The van der Waals surface area contributed by atoms with Crippen LogP contribution in [0.1, 0.15) is 0 Å². The lowest BCUT2D eigenvalue weighted by molar-refractivity contribution is -0.119. The maximum atomic E-state index is 13.1. The second-order valence-corrected chi connectivity index (χ2v) is 7.85. The molecule has 0 spiro atoms. The van der Waals surface area contributed by atoms with Gasteiger partial charge in [0.1, 0.15) is 24.7 Å². The van der Waals surface area contributed by atoms with E-state index in [-0.39, 0.29) is 18.8 Å². The summed E-state index contributed by atoms with van der Waals surface area (Å²) in [6.07, 6.45) is 0. The fraction of sp³-hybridized carbons (Fsp3) is 0.278. The highest BCUT2D eigenvalue weighted by Crippen LogP contribution is 2.19. The van der Waals surface area contributed by atoms with Gasteiger partial charge in [0.05, 0.1) is 12.2 Å². The number of amides is 1. The number of hydrogen-bond acceptors (Lipinski definition) is 4. The van der Waals surface area contributed by atoms with Crippen LogP contribution < -0.4 is 14.4 Å². The van der Waals surface area contributed by atoms with E-state index in [4.69, 9.17) is 4.74 Å². The average molecular weight is 395 g/mol. The van der Waals surface area contributed by atoms with Crippen molar-refractivity contribution in [2.75, 3.05) is 38.1 Å². The highest BCUT2D eigenvalue weighted by atomic mass is 32.2. The number of carbonyl (C=O) groups is 1. The monoisotopic (exact) mass is 395 g/mol. The fourth-order valence-corrected chi connectivity index (χ4v) is 3.24. The maximum absolute atomic E-state index is 13.1. The number of anilines is 1. The Bertz CT molecular complexity index is 843. The van der Waals surface area contributed by atoms with Crippen molar-refractivity contribution in [3.05, 3.63) is 60.4 Å². The van der Waals surface area contributed by atoms with Gasteiger partial charge in [-0.2, -0.15) is 12.7 Å². The van der Waals surface area contributed by atoms with Crippen LogP contribution in [0.4, 0.5) is 10.1 Å². The molecule has 0 aliphatic rings. The number of hydrogen-bond donors (Lipinski definition) is 1. The van der Waals surface area contributed by atoms with Crippen LogP contribution in [0, 0.1) is 5.82 Å². The Kier molecular flexibility index (Phi) is 7.14. The molecule has 7 nitrogen and oxygen atoms in total. The molecule has 2 aromatic carbocycles. The summed E-state index contributed by atoms with van der Waals surface area (Å²) in [7, 11) is -1.20. The van der Waals surface area contributed by atoms with E-state index in [0.29, 0.717) is 5.75 Å². The van der Waals surface area contributed by atoms with Gasteiger partial charge in [0.15, 0.2) is 0 Å². The van der Waals surface area contributed by atoms with E-state index in [2.05, 4.69) is 5.32 Å². The standard InChI is InChI=1S/C18H22FN3O4S/c1-21(2)27(24,25)22(16-10-8-15(19)9-11-16)14-18(23)20-12-13-26-17-6-4-3-5-7-17/h3-11H,12-14H2,1-2H3,(H,20,23). The number of benzene rings is 2. The van der Waals surface area contributed by atoms with Crippen molar-refractivity contribution in [3.8, 4) is 5.75 Å². The highest BCUT2D eigenvalue weighted by Gasteiger charge is 2.27. The van der Waals surface area contributed by atoms with E-state index >= 15 is 0 Å². The van der Waals surface area contributed by atoms with E-state index in [0.717, 1.165) is 20.7 Å². The summed E-state index contributed by atoms with van der Waals surface area (Å²) in [5.74, 6) is -0.320. The number of ether oxygens (including phenoxy) is 1. The topological polar surface area (TPSA) is 79.0 Å². The van der Waals surface area contributed by atoms with Crippen molar-refractivity contribution in [3.63, 3.8) is 0 Å². The lowest BCUT2D eigenvalue weighted by Crippen LogP contribution is -2.46. The summed E-state index contributed by atoms with van der Waals surface area (Å²) in [5, 5.41) is 2.61. The summed E-state index contributed by atoms with van der Waals surface area (Å²) in [6.45, 7) is 0.0250. The number of nitrogens with zero attached hydrogens (tertiary/aromatic N) is 2. The Morgan fingerprint density at radius 3 is 2.30 bits per heavy atom. The van der Waals surface area contributed by atoms with Gasteiger partial charge in [-0.3, -0.25) is 4.79 Å². The second-order valence-electron chi connectivity index (χ2n) is 5.78. The Morgan fingerprint density at radius 2 is 1.70 bits per heavy atom. The molecule has 0 atom stereocenters. The lowest BCUT2D eigenvalue weighted by Gasteiger charge is -2.26. The third kappa shape index (κ3) is 5.93. The van der Waals surface area contributed by atoms with Crippen LogP contribution in [0.3, 0.4) is 0 Å². The molecule has 0 saturated heterocycles. The zero-order chi connectivity index (χ0) is 19.9. The Hall–Kier alpha value is -2.65. The van der Waals surface area contributed by atoms with Gasteiger partial charge in [0.25, 0.3) is 0 Å². The minimum Gasteiger partial charge on any atom is -0.492 e. The molecule has 27 heavy (non-hydrogen) atoms. The van der Waals surface area contributed by atoms with Gasteiger partial charge in [-0.1, -0.05) is 18.2 Å². The molecule has 0 saturated carbocycles. The van der Waals surface area contributed by atoms with Crippen molar-refractivity contribution in [2.24, 2.45) is 0 Å². The Morgan fingerprint density at radius 1 is 1.07 bits per heavy atom. The number of halogens is 1. The highest BCUT2D eigenvalue weighted by molar-refractivity contribution is 7.90. The van der Waals surface area contributed by atoms with Gasteiger partial charge in [-0.15, -0.1) is 0 Å². The van der Waals surface area contributed by atoms with Crippen LogP contribution in [-0.2, 0) is 15.0 Å². The molecule has 2 rings (SSSR count). The quantitative estimate of drug-likeness (QED) is 0.655. The van der Waals surface area contributed by atoms with E-state index in [1.165, 1.54) is 26.2 Å². The molecule has 146 valence electrons. The SMILES string of the molecule is CN(C)S(=O)(=O)N(CC(=O)NCCOc1ccccc1)c1ccc(F)cc1. The van der Waals surface area contributed by atoms with E-state index in [9.17, 15) is 17.6 Å². The van der Waals surface area contributed by atoms with Crippen molar-refractivity contribution in [1.82, 2.24) is 9.62 Å². The third-order valence-electron chi connectivity index (χ3n) is 3.58. The van der Waals surface area contributed by atoms with Gasteiger partial charge in [0.2, 0.25) is 5.91 Å². The summed E-state index contributed by atoms with van der Waals surface area (Å²) in [5.41, 5.74) is 0.195. The van der Waals surface area contributed by atoms with Crippen LogP contribution in [0.25, 0.3) is 0 Å². The molecule has 2 aromatic rings. The number of rotatable bonds is 9. The van der Waals surface area contributed by atoms with Gasteiger partial charge in [-0.25, -0.2) is 8.70 Å². The minimum absolute atomic E-state index is 0.195. The predicted molar refractivity (Wildman–Crippen MR) is 101 cm³/mol. The molecule has 0 fully saturated rings. The molecule has 0 aliphatic carbocycles. The molecule has 0 aromatic heterocycles. The van der Waals surface area contributed by atoms with Crippen LogP contribution in [-0.4, -0.2) is 52.4 Å². The molecule has 1 N–H and O–H groups in total. The summed E-state index contributed by atoms with van der Waals surface area (Å²) >= 11 is 0. The molecular formula is C18H22FN3O4S. The zero-order valence-electron chi connectivity index (χ0n) is 15.1. The lowest BCUT2D eigenvalue weighted by atomic mass is 10.3. The zero-order valence-corrected chi connectivity index (χ0v) is 15.9. The van der Waals surface area contributed by atoms with Gasteiger partial charge in [0, 0.05) is 14.1 Å². The van der Waals surface area contributed by atoms with Gasteiger partial charge in [-0.05, 0) is 36.4 Å². The molecule has 0 unspecified atom stereocenters. The van der Waals surface area contributed by atoms with Crippen LogP contribution in [0.5, 0.6) is 5.75 Å². The molecule has 1 amide bonds. The summed E-state index contributed by atoms with van der Waals surface area (Å²) in [6, 6.07) is 14.0. The van der Waals surface area contributed by atoms with Gasteiger partial charge >= 0.3 is 10.2 Å². The third-order valence-corrected chi connectivity index (χ3v) is 5.40. The van der Waals surface area contributed by atoms with Crippen molar-refractivity contribution in [1.29, 1.82) is 0 Å². The number of nitrogens with one attached hydrogen (secondary N) is 1. The first-order chi connectivity index (χ1) is 12.8. The first kappa shape index (κ1) is 20.7. The minimum atomic E-state index is -3.92. The van der Waals surface area contributed by atoms with Crippen LogP contribution in [0.15, 0.2) is 54.6 Å². The second kappa shape index (κ2) is 9.33. The maximum Gasteiger partial charge on any atom is 0.304 e. The number of carbonyl (C=O) groups excluding carboxylic acids is 1. The van der Waals surface area contributed by atoms with E-state index in [1.807, 2.05) is 18.2 Å². The van der Waals surface area contributed by atoms with Gasteiger partial charge < -0.3 is 10.1 Å². The predicted octanol–water partition coefficient (Wildman–Crippen LogP) is 1.63. The Labute approximate surface area is 158 Å². The van der Waals surface area contributed by atoms with Crippen molar-refractivity contribution in [2.45, 2.75) is 0 Å². The molecule has 0 heterocycles. The molecule has 0 bridgehead atoms. The average Bonchev–Trinajstić information content (AvgIpc) is 2.65. The van der Waals surface area contributed by atoms with Crippen molar-refractivity contribution >= 4 is 21.8 Å². The molecular weight excluding hydrogens is 373 g/mol. The molecule has 0 aliphatic heterocycles. The first-order valence-electron chi connectivity index (χ1n) is 8.21. The van der Waals surface area contributed by atoms with Crippen molar-refractivity contribution < 1.29 is 22.3 Å². The van der Waals surface area contributed by atoms with E-state index in [1.54, 1.807) is 12.1 Å². The van der Waals surface area contributed by atoms with Crippen LogP contribution >= 0.6 is 0 Å². The first-order valence-corrected chi connectivity index (χ1v) is 9.60. The largest absolute Gasteiger partial charge is 0.492 e. The normalized spacial score (nSPS) is 11.3. The smallest absolute Gasteiger partial charge is 0.304 e. The molecule has 0 radical (unpaired) electrons. The fourth-order valence-electron chi connectivity index (χ4n) is 2.17.